The Labute approximate surface area is 122 Å². The van der Waals surface area contributed by atoms with E-state index in [1.165, 1.54) is 0 Å². The number of nitrogens with one attached hydrogen (secondary N) is 1. The van der Waals surface area contributed by atoms with Gasteiger partial charge in [-0.05, 0) is 39.0 Å². The lowest BCUT2D eigenvalue weighted by Crippen LogP contribution is -2.51. The van der Waals surface area contributed by atoms with Crippen molar-refractivity contribution >= 4 is 21.8 Å². The standard InChI is InChI=1S/C14H20BrNO3/c1-10(17)14(2,3)16-13(18)7-8-19-12-6-4-5-11(15)9-12/h4-6,9-10,17H,7-8H2,1-3H3,(H,16,18). The van der Waals surface area contributed by atoms with E-state index in [0.29, 0.717) is 6.61 Å². The predicted molar refractivity (Wildman–Crippen MR) is 78.2 cm³/mol. The molecule has 0 spiro atoms. The lowest BCUT2D eigenvalue weighted by Gasteiger charge is -2.29. The minimum absolute atomic E-state index is 0.138. The molecule has 0 radical (unpaired) electrons. The number of rotatable bonds is 6. The Hall–Kier alpha value is -1.07. The first kappa shape index (κ1) is 16.0. The first-order valence-electron chi connectivity index (χ1n) is 6.19. The average Bonchev–Trinajstić information content (AvgIpc) is 2.28. The molecule has 19 heavy (non-hydrogen) atoms. The molecule has 1 amide bonds. The number of hydrogen-bond donors (Lipinski definition) is 2. The second kappa shape index (κ2) is 6.91. The topological polar surface area (TPSA) is 58.6 Å². The van der Waals surface area contributed by atoms with E-state index in [9.17, 15) is 9.90 Å². The van der Waals surface area contributed by atoms with E-state index in [0.717, 1.165) is 10.2 Å². The van der Waals surface area contributed by atoms with Gasteiger partial charge in [0.1, 0.15) is 5.75 Å². The minimum atomic E-state index is -0.632. The van der Waals surface area contributed by atoms with Gasteiger partial charge in [0.15, 0.2) is 0 Å². The summed E-state index contributed by atoms with van der Waals surface area (Å²) in [5.74, 6) is 0.581. The Balaban J connectivity index is 2.35. The van der Waals surface area contributed by atoms with E-state index in [1.807, 2.05) is 24.3 Å². The van der Waals surface area contributed by atoms with Crippen molar-refractivity contribution in [2.24, 2.45) is 0 Å². The Kier molecular flexibility index (Phi) is 5.82. The van der Waals surface area contributed by atoms with Crippen LogP contribution >= 0.6 is 15.9 Å². The summed E-state index contributed by atoms with van der Waals surface area (Å²) in [5, 5.41) is 12.3. The number of hydrogen-bond acceptors (Lipinski definition) is 3. The summed E-state index contributed by atoms with van der Waals surface area (Å²) in [5.41, 5.74) is -0.632. The molecular formula is C14H20BrNO3. The smallest absolute Gasteiger partial charge is 0.223 e. The summed E-state index contributed by atoms with van der Waals surface area (Å²) in [6, 6.07) is 7.46. The maximum Gasteiger partial charge on any atom is 0.223 e. The first-order chi connectivity index (χ1) is 8.81. The van der Waals surface area contributed by atoms with Gasteiger partial charge in [-0.15, -0.1) is 0 Å². The molecule has 1 atom stereocenters. The zero-order valence-corrected chi connectivity index (χ0v) is 13.0. The van der Waals surface area contributed by atoms with Crippen molar-refractivity contribution in [2.75, 3.05) is 6.61 Å². The molecular weight excluding hydrogens is 310 g/mol. The molecule has 0 aromatic heterocycles. The largest absolute Gasteiger partial charge is 0.493 e. The van der Waals surface area contributed by atoms with Crippen molar-refractivity contribution in [3.8, 4) is 5.75 Å². The summed E-state index contributed by atoms with van der Waals surface area (Å²) < 4.78 is 6.41. The molecule has 1 aromatic carbocycles. The summed E-state index contributed by atoms with van der Waals surface area (Å²) in [7, 11) is 0. The van der Waals surface area contributed by atoms with Crippen LogP contribution in [0.15, 0.2) is 28.7 Å². The number of aliphatic hydroxyl groups excluding tert-OH is 1. The van der Waals surface area contributed by atoms with Crippen molar-refractivity contribution in [1.29, 1.82) is 0 Å². The first-order valence-corrected chi connectivity index (χ1v) is 6.98. The highest BCUT2D eigenvalue weighted by Gasteiger charge is 2.25. The lowest BCUT2D eigenvalue weighted by atomic mass is 9.99. The molecule has 0 heterocycles. The number of ether oxygens (including phenoxy) is 1. The van der Waals surface area contributed by atoms with Crippen molar-refractivity contribution in [3.63, 3.8) is 0 Å². The molecule has 0 aliphatic rings. The van der Waals surface area contributed by atoms with E-state index < -0.39 is 11.6 Å². The third-order valence-corrected chi connectivity index (χ3v) is 3.39. The highest BCUT2D eigenvalue weighted by atomic mass is 79.9. The van der Waals surface area contributed by atoms with Crippen molar-refractivity contribution < 1.29 is 14.6 Å². The van der Waals surface area contributed by atoms with Crippen LogP contribution in [0.2, 0.25) is 0 Å². The molecule has 1 aromatic rings. The average molecular weight is 330 g/mol. The van der Waals surface area contributed by atoms with Crippen LogP contribution in [0, 0.1) is 0 Å². The lowest BCUT2D eigenvalue weighted by molar-refractivity contribution is -0.124. The van der Waals surface area contributed by atoms with Crippen LogP contribution < -0.4 is 10.1 Å². The van der Waals surface area contributed by atoms with Gasteiger partial charge in [0.05, 0.1) is 24.7 Å². The maximum absolute atomic E-state index is 11.7. The van der Waals surface area contributed by atoms with Gasteiger partial charge < -0.3 is 15.2 Å². The fourth-order valence-electron chi connectivity index (χ4n) is 1.34. The van der Waals surface area contributed by atoms with Crippen LogP contribution in [0.4, 0.5) is 0 Å². The fourth-order valence-corrected chi connectivity index (χ4v) is 1.72. The Morgan fingerprint density at radius 1 is 1.53 bits per heavy atom. The van der Waals surface area contributed by atoms with Crippen molar-refractivity contribution in [3.05, 3.63) is 28.7 Å². The molecule has 0 bridgehead atoms. The minimum Gasteiger partial charge on any atom is -0.493 e. The number of amides is 1. The highest BCUT2D eigenvalue weighted by Crippen LogP contribution is 2.17. The van der Waals surface area contributed by atoms with Gasteiger partial charge in [-0.1, -0.05) is 22.0 Å². The van der Waals surface area contributed by atoms with Gasteiger partial charge in [0.25, 0.3) is 0 Å². The zero-order chi connectivity index (χ0) is 14.5. The summed E-state index contributed by atoms with van der Waals surface area (Å²) in [6.07, 6.45) is -0.356. The van der Waals surface area contributed by atoms with Gasteiger partial charge in [-0.25, -0.2) is 0 Å². The monoisotopic (exact) mass is 329 g/mol. The van der Waals surface area contributed by atoms with Gasteiger partial charge >= 0.3 is 0 Å². The Morgan fingerprint density at radius 3 is 2.79 bits per heavy atom. The van der Waals surface area contributed by atoms with Crippen LogP contribution in [0.25, 0.3) is 0 Å². The molecule has 4 nitrogen and oxygen atoms in total. The Bertz CT molecular complexity index is 432. The molecule has 2 N–H and O–H groups in total. The fraction of sp³-hybridized carbons (Fsp3) is 0.500. The van der Waals surface area contributed by atoms with Crippen LogP contribution in [-0.2, 0) is 4.79 Å². The number of carbonyl (C=O) groups excluding carboxylic acids is 1. The third-order valence-electron chi connectivity index (χ3n) is 2.90. The molecule has 106 valence electrons. The van der Waals surface area contributed by atoms with Crippen molar-refractivity contribution in [1.82, 2.24) is 5.32 Å². The van der Waals surface area contributed by atoms with E-state index in [1.54, 1.807) is 20.8 Å². The van der Waals surface area contributed by atoms with Crippen LogP contribution in [0.3, 0.4) is 0 Å². The van der Waals surface area contributed by atoms with Crippen LogP contribution in [0.5, 0.6) is 5.75 Å². The molecule has 0 saturated carbocycles. The quantitative estimate of drug-likeness (QED) is 0.843. The predicted octanol–water partition coefficient (Wildman–Crippen LogP) is 2.49. The van der Waals surface area contributed by atoms with Gasteiger partial charge in [-0.3, -0.25) is 4.79 Å². The second-order valence-corrected chi connectivity index (χ2v) is 5.92. The SMILES string of the molecule is CC(O)C(C)(C)NC(=O)CCOc1cccc(Br)c1. The maximum atomic E-state index is 11.7. The molecule has 0 saturated heterocycles. The summed E-state index contributed by atoms with van der Waals surface area (Å²) in [6.45, 7) is 5.52. The van der Waals surface area contributed by atoms with Crippen LogP contribution in [0.1, 0.15) is 27.2 Å². The van der Waals surface area contributed by atoms with Crippen molar-refractivity contribution in [2.45, 2.75) is 38.8 Å². The number of aliphatic hydroxyl groups is 1. The van der Waals surface area contributed by atoms with E-state index in [4.69, 9.17) is 4.74 Å². The van der Waals surface area contributed by atoms with Crippen LogP contribution in [-0.4, -0.2) is 29.3 Å². The molecule has 0 aliphatic heterocycles. The molecule has 0 fully saturated rings. The van der Waals surface area contributed by atoms with Gasteiger partial charge in [0.2, 0.25) is 5.91 Å². The number of halogens is 1. The number of carbonyl (C=O) groups is 1. The Morgan fingerprint density at radius 2 is 2.21 bits per heavy atom. The van der Waals surface area contributed by atoms with E-state index >= 15 is 0 Å². The number of benzene rings is 1. The molecule has 1 rings (SSSR count). The third kappa shape index (κ3) is 5.61. The summed E-state index contributed by atoms with van der Waals surface area (Å²) >= 11 is 3.35. The van der Waals surface area contributed by atoms with E-state index in [2.05, 4.69) is 21.2 Å². The summed E-state index contributed by atoms with van der Waals surface area (Å²) in [4.78, 5) is 11.7. The van der Waals surface area contributed by atoms with E-state index in [-0.39, 0.29) is 12.3 Å². The molecule has 1 unspecified atom stereocenters. The molecule has 5 heteroatoms. The highest BCUT2D eigenvalue weighted by molar-refractivity contribution is 9.10. The zero-order valence-electron chi connectivity index (χ0n) is 11.4. The van der Waals surface area contributed by atoms with Gasteiger partial charge in [0, 0.05) is 4.47 Å². The second-order valence-electron chi connectivity index (χ2n) is 5.00. The normalized spacial score (nSPS) is 12.9. The van der Waals surface area contributed by atoms with Gasteiger partial charge in [-0.2, -0.15) is 0 Å². The molecule has 0 aliphatic carbocycles.